The van der Waals surface area contributed by atoms with E-state index in [1.54, 1.807) is 0 Å². The van der Waals surface area contributed by atoms with E-state index in [1.807, 2.05) is 30.3 Å². The molecule has 1 aliphatic heterocycles. The van der Waals surface area contributed by atoms with Gasteiger partial charge in [0.1, 0.15) is 0 Å². The van der Waals surface area contributed by atoms with E-state index in [0.717, 1.165) is 52.7 Å². The molecule has 2 aromatic rings. The van der Waals surface area contributed by atoms with Crippen LogP contribution in [0.3, 0.4) is 0 Å². The summed E-state index contributed by atoms with van der Waals surface area (Å²) in [5.41, 5.74) is 9.13. The number of benzene rings is 2. The summed E-state index contributed by atoms with van der Waals surface area (Å²) in [6, 6.07) is 14.0. The largest absolute Gasteiger partial charge is 0.397 e. The molecule has 0 amide bonds. The van der Waals surface area contributed by atoms with Gasteiger partial charge in [-0.15, -0.1) is 0 Å². The van der Waals surface area contributed by atoms with Gasteiger partial charge in [-0.25, -0.2) is 0 Å². The Morgan fingerprint density at radius 3 is 2.19 bits per heavy atom. The fourth-order valence-electron chi connectivity index (χ4n) is 2.69. The number of nitrogen functional groups attached to an aromatic ring is 1. The number of para-hydroxylation sites is 1. The van der Waals surface area contributed by atoms with Crippen molar-refractivity contribution in [2.75, 3.05) is 41.7 Å². The molecule has 0 atom stereocenters. The third kappa shape index (κ3) is 3.11. The van der Waals surface area contributed by atoms with Crippen molar-refractivity contribution in [2.24, 2.45) is 0 Å². The number of piperazine rings is 1. The van der Waals surface area contributed by atoms with Gasteiger partial charge in [-0.2, -0.15) is 0 Å². The molecule has 110 valence electrons. The predicted octanol–water partition coefficient (Wildman–Crippen LogP) is 4.01. The second kappa shape index (κ2) is 6.16. The maximum absolute atomic E-state index is 6.28. The third-order valence-electron chi connectivity index (χ3n) is 3.81. The maximum atomic E-state index is 6.28. The van der Waals surface area contributed by atoms with Crippen LogP contribution in [-0.4, -0.2) is 26.2 Å². The Bertz CT molecular complexity index is 639. The van der Waals surface area contributed by atoms with E-state index in [-0.39, 0.29) is 0 Å². The van der Waals surface area contributed by atoms with E-state index in [9.17, 15) is 0 Å². The molecule has 3 rings (SSSR count). The number of hydrogen-bond acceptors (Lipinski definition) is 3. The number of hydrogen-bond donors (Lipinski definition) is 1. The van der Waals surface area contributed by atoms with Gasteiger partial charge in [0, 0.05) is 30.7 Å². The van der Waals surface area contributed by atoms with Gasteiger partial charge in [-0.05, 0) is 30.3 Å². The van der Waals surface area contributed by atoms with Gasteiger partial charge in [-0.1, -0.05) is 39.7 Å². The molecule has 1 aliphatic rings. The van der Waals surface area contributed by atoms with E-state index in [0.29, 0.717) is 0 Å². The van der Waals surface area contributed by atoms with Gasteiger partial charge >= 0.3 is 0 Å². The summed E-state index contributed by atoms with van der Waals surface area (Å²) in [6.07, 6.45) is 0. The Labute approximate surface area is 138 Å². The van der Waals surface area contributed by atoms with Gasteiger partial charge in [0.05, 0.1) is 22.1 Å². The lowest BCUT2D eigenvalue weighted by molar-refractivity contribution is 0.654. The summed E-state index contributed by atoms with van der Waals surface area (Å²) < 4.78 is 1.06. The van der Waals surface area contributed by atoms with E-state index in [1.165, 1.54) is 0 Å². The molecule has 5 heteroatoms. The molecule has 2 N–H and O–H groups in total. The molecule has 0 spiro atoms. The summed E-state index contributed by atoms with van der Waals surface area (Å²) >= 11 is 9.79. The minimum absolute atomic E-state index is 0.813. The standard InChI is InChI=1S/C16H17BrClN3/c17-12-5-6-14(19)16(11-12)21-9-7-20(8-10-21)15-4-2-1-3-13(15)18/h1-6,11H,7-10,19H2. The van der Waals surface area contributed by atoms with Crippen molar-refractivity contribution in [2.45, 2.75) is 0 Å². The van der Waals surface area contributed by atoms with Crippen LogP contribution in [0.5, 0.6) is 0 Å². The molecule has 0 saturated carbocycles. The Balaban J connectivity index is 1.73. The van der Waals surface area contributed by atoms with Gasteiger partial charge in [-0.3, -0.25) is 0 Å². The quantitative estimate of drug-likeness (QED) is 0.815. The number of anilines is 3. The minimum atomic E-state index is 0.813. The molecule has 0 aromatic heterocycles. The zero-order chi connectivity index (χ0) is 14.8. The normalized spacial score (nSPS) is 15.3. The van der Waals surface area contributed by atoms with Crippen LogP contribution in [0.25, 0.3) is 0 Å². The molecule has 21 heavy (non-hydrogen) atoms. The number of nitrogens with zero attached hydrogens (tertiary/aromatic N) is 2. The molecule has 0 aliphatic carbocycles. The number of halogens is 2. The monoisotopic (exact) mass is 365 g/mol. The predicted molar refractivity (Wildman–Crippen MR) is 94.4 cm³/mol. The van der Waals surface area contributed by atoms with Crippen molar-refractivity contribution >= 4 is 44.6 Å². The zero-order valence-corrected chi connectivity index (χ0v) is 13.9. The second-order valence-corrected chi connectivity index (χ2v) is 6.45. The lowest BCUT2D eigenvalue weighted by Gasteiger charge is -2.38. The average Bonchev–Trinajstić information content (AvgIpc) is 2.50. The highest BCUT2D eigenvalue weighted by molar-refractivity contribution is 9.10. The molecular formula is C16H17BrClN3. The highest BCUT2D eigenvalue weighted by atomic mass is 79.9. The lowest BCUT2D eigenvalue weighted by atomic mass is 10.2. The molecule has 0 radical (unpaired) electrons. The van der Waals surface area contributed by atoms with Crippen molar-refractivity contribution in [1.29, 1.82) is 0 Å². The number of nitrogens with two attached hydrogens (primary N) is 1. The first kappa shape index (κ1) is 14.5. The first-order chi connectivity index (χ1) is 10.1. The fourth-order valence-corrected chi connectivity index (χ4v) is 3.29. The average molecular weight is 367 g/mol. The zero-order valence-electron chi connectivity index (χ0n) is 11.6. The van der Waals surface area contributed by atoms with Crippen LogP contribution in [0, 0.1) is 0 Å². The Hall–Kier alpha value is -1.39. The highest BCUT2D eigenvalue weighted by Crippen LogP contribution is 2.30. The van der Waals surface area contributed by atoms with Crippen molar-refractivity contribution in [3.05, 3.63) is 52.0 Å². The molecule has 2 aromatic carbocycles. The van der Waals surface area contributed by atoms with Crippen molar-refractivity contribution < 1.29 is 0 Å². The van der Waals surface area contributed by atoms with Gasteiger partial charge in [0.25, 0.3) is 0 Å². The molecule has 0 unspecified atom stereocenters. The summed E-state index contributed by atoms with van der Waals surface area (Å²) in [5, 5.41) is 0.813. The van der Waals surface area contributed by atoms with E-state index in [4.69, 9.17) is 17.3 Å². The molecule has 3 nitrogen and oxygen atoms in total. The summed E-state index contributed by atoms with van der Waals surface area (Å²) in [7, 11) is 0. The van der Waals surface area contributed by atoms with Gasteiger partial charge in [0.2, 0.25) is 0 Å². The first-order valence-corrected chi connectivity index (χ1v) is 8.12. The van der Waals surface area contributed by atoms with E-state index >= 15 is 0 Å². The lowest BCUT2D eigenvalue weighted by Crippen LogP contribution is -2.46. The SMILES string of the molecule is Nc1ccc(Br)cc1N1CCN(c2ccccc2Cl)CC1. The van der Waals surface area contributed by atoms with Gasteiger partial charge < -0.3 is 15.5 Å². The number of rotatable bonds is 2. The highest BCUT2D eigenvalue weighted by Gasteiger charge is 2.20. The first-order valence-electron chi connectivity index (χ1n) is 6.94. The van der Waals surface area contributed by atoms with Crippen LogP contribution in [0.2, 0.25) is 5.02 Å². The van der Waals surface area contributed by atoms with E-state index in [2.05, 4.69) is 37.9 Å². The van der Waals surface area contributed by atoms with Crippen LogP contribution in [0.15, 0.2) is 46.9 Å². The van der Waals surface area contributed by atoms with Crippen LogP contribution in [-0.2, 0) is 0 Å². The molecule has 1 saturated heterocycles. The maximum Gasteiger partial charge on any atom is 0.0639 e. The summed E-state index contributed by atoms with van der Waals surface area (Å²) in [4.78, 5) is 4.65. The van der Waals surface area contributed by atoms with Crippen molar-refractivity contribution in [3.63, 3.8) is 0 Å². The second-order valence-electron chi connectivity index (χ2n) is 5.13. The molecular weight excluding hydrogens is 350 g/mol. The Morgan fingerprint density at radius 2 is 1.52 bits per heavy atom. The summed E-state index contributed by atoms with van der Waals surface area (Å²) in [6.45, 7) is 3.75. The van der Waals surface area contributed by atoms with Crippen molar-refractivity contribution in [1.82, 2.24) is 0 Å². The molecule has 0 bridgehead atoms. The minimum Gasteiger partial charge on any atom is -0.397 e. The smallest absolute Gasteiger partial charge is 0.0639 e. The van der Waals surface area contributed by atoms with Crippen LogP contribution >= 0.6 is 27.5 Å². The van der Waals surface area contributed by atoms with Crippen LogP contribution in [0.1, 0.15) is 0 Å². The van der Waals surface area contributed by atoms with E-state index < -0.39 is 0 Å². The van der Waals surface area contributed by atoms with Crippen LogP contribution < -0.4 is 15.5 Å². The van der Waals surface area contributed by atoms with Gasteiger partial charge in [0.15, 0.2) is 0 Å². The molecule has 1 heterocycles. The third-order valence-corrected chi connectivity index (χ3v) is 4.62. The fraction of sp³-hybridized carbons (Fsp3) is 0.250. The molecule has 1 fully saturated rings. The summed E-state index contributed by atoms with van der Waals surface area (Å²) in [5.74, 6) is 0. The Morgan fingerprint density at radius 1 is 0.905 bits per heavy atom. The van der Waals surface area contributed by atoms with Crippen molar-refractivity contribution in [3.8, 4) is 0 Å². The topological polar surface area (TPSA) is 32.5 Å². The Kier molecular flexibility index (Phi) is 4.27. The van der Waals surface area contributed by atoms with Crippen LogP contribution in [0.4, 0.5) is 17.1 Å².